The van der Waals surface area contributed by atoms with Gasteiger partial charge in [-0.05, 0) is 51.7 Å². The molecule has 2 aromatic carbocycles. The number of rotatable bonds is 8. The molecule has 1 aliphatic rings. The number of hydrogen-bond acceptors (Lipinski definition) is 2. The highest BCUT2D eigenvalue weighted by Gasteiger charge is 2.40. The second kappa shape index (κ2) is 10.8. The van der Waals surface area contributed by atoms with Gasteiger partial charge in [0.25, 0.3) is 5.91 Å². The largest absolute Gasteiger partial charge is 0.343 e. The molecular formula is C27H38N3O2+. The van der Waals surface area contributed by atoms with Crippen molar-refractivity contribution in [2.45, 2.75) is 47.1 Å². The molecule has 5 nitrogen and oxygen atoms in total. The molecule has 32 heavy (non-hydrogen) atoms. The minimum Gasteiger partial charge on any atom is -0.343 e. The van der Waals surface area contributed by atoms with Gasteiger partial charge in [0.2, 0.25) is 5.91 Å². The van der Waals surface area contributed by atoms with Gasteiger partial charge in [0.15, 0.2) is 6.54 Å². The lowest BCUT2D eigenvalue weighted by Gasteiger charge is -2.44. The molecule has 5 heteroatoms. The van der Waals surface area contributed by atoms with Crippen LogP contribution in [-0.4, -0.2) is 53.9 Å². The van der Waals surface area contributed by atoms with Crippen molar-refractivity contribution in [2.75, 3.05) is 38.0 Å². The quantitative estimate of drug-likeness (QED) is 0.618. The highest BCUT2D eigenvalue weighted by atomic mass is 16.2. The van der Waals surface area contributed by atoms with Gasteiger partial charge in [-0.1, -0.05) is 48.5 Å². The first kappa shape index (κ1) is 24.0. The smallest absolute Gasteiger partial charge is 0.279 e. The van der Waals surface area contributed by atoms with Crippen molar-refractivity contribution in [3.63, 3.8) is 0 Å². The molecule has 2 unspecified atom stereocenters. The van der Waals surface area contributed by atoms with Crippen molar-refractivity contribution in [1.82, 2.24) is 4.90 Å². The molecule has 1 saturated heterocycles. The summed E-state index contributed by atoms with van der Waals surface area (Å²) in [6.07, 6.45) is 1.86. The maximum atomic E-state index is 13.3. The van der Waals surface area contributed by atoms with Gasteiger partial charge in [0, 0.05) is 24.3 Å². The molecule has 0 aromatic heterocycles. The van der Waals surface area contributed by atoms with Crippen LogP contribution in [0.1, 0.15) is 43.4 Å². The zero-order chi connectivity index (χ0) is 23.1. The molecular weight excluding hydrogens is 398 g/mol. The standard InChI is InChI=1S/C27H37N3O2/c1-5-29(6-2)27(32)24-16-11-17-30(19-24,18-23-14-8-7-9-15-23)20-25(31)28-26-21(3)12-10-13-22(26)4/h7-10,12-15,24H,5-6,11,16-20H2,1-4H3/p+1. The van der Waals surface area contributed by atoms with Crippen LogP contribution in [0.2, 0.25) is 0 Å². The molecule has 0 saturated carbocycles. The number of carbonyl (C=O) groups excluding carboxylic acids is 2. The van der Waals surface area contributed by atoms with E-state index in [1.54, 1.807) is 0 Å². The molecule has 2 aromatic rings. The van der Waals surface area contributed by atoms with E-state index in [-0.39, 0.29) is 17.7 Å². The van der Waals surface area contributed by atoms with Crippen molar-refractivity contribution in [3.05, 3.63) is 65.2 Å². The fourth-order valence-corrected chi connectivity index (χ4v) is 5.13. The Morgan fingerprint density at radius 1 is 1.00 bits per heavy atom. The number of amides is 2. The third-order valence-electron chi connectivity index (χ3n) is 6.80. The molecule has 1 N–H and O–H groups in total. The molecule has 2 atom stereocenters. The fourth-order valence-electron chi connectivity index (χ4n) is 5.13. The van der Waals surface area contributed by atoms with Gasteiger partial charge in [-0.15, -0.1) is 0 Å². The Morgan fingerprint density at radius 3 is 2.28 bits per heavy atom. The minimum atomic E-state index is -0.0274. The number of quaternary nitrogens is 1. The number of aryl methyl sites for hydroxylation is 2. The van der Waals surface area contributed by atoms with Crippen LogP contribution in [0.15, 0.2) is 48.5 Å². The van der Waals surface area contributed by atoms with Crippen LogP contribution in [0.4, 0.5) is 5.69 Å². The predicted molar refractivity (Wildman–Crippen MR) is 130 cm³/mol. The van der Waals surface area contributed by atoms with Gasteiger partial charge in [0.05, 0.1) is 19.0 Å². The minimum absolute atomic E-state index is 0.0225. The van der Waals surface area contributed by atoms with E-state index in [1.807, 2.05) is 69.0 Å². The summed E-state index contributed by atoms with van der Waals surface area (Å²) in [5.41, 5.74) is 4.26. The first-order chi connectivity index (χ1) is 15.4. The van der Waals surface area contributed by atoms with Crippen molar-refractivity contribution < 1.29 is 14.1 Å². The van der Waals surface area contributed by atoms with Crippen LogP contribution in [-0.2, 0) is 16.1 Å². The summed E-state index contributed by atoms with van der Waals surface area (Å²) in [6, 6.07) is 16.4. The first-order valence-electron chi connectivity index (χ1n) is 11.9. The Kier molecular flexibility index (Phi) is 8.08. The van der Waals surface area contributed by atoms with E-state index in [2.05, 4.69) is 17.4 Å². The number of piperidine rings is 1. The van der Waals surface area contributed by atoms with Crippen LogP contribution < -0.4 is 5.32 Å². The number of para-hydroxylation sites is 1. The first-order valence-corrected chi connectivity index (χ1v) is 11.9. The molecule has 1 fully saturated rings. The summed E-state index contributed by atoms with van der Waals surface area (Å²) in [5.74, 6) is 0.232. The molecule has 0 aliphatic carbocycles. The van der Waals surface area contributed by atoms with Gasteiger partial charge in [-0.3, -0.25) is 9.59 Å². The van der Waals surface area contributed by atoms with E-state index in [4.69, 9.17) is 0 Å². The number of nitrogens with zero attached hydrogens (tertiary/aromatic N) is 2. The van der Waals surface area contributed by atoms with Gasteiger partial charge in [0.1, 0.15) is 6.54 Å². The van der Waals surface area contributed by atoms with Crippen LogP contribution in [0.5, 0.6) is 0 Å². The van der Waals surface area contributed by atoms with Gasteiger partial charge < -0.3 is 14.7 Å². The number of likely N-dealkylation sites (tertiary alicyclic amines) is 1. The van der Waals surface area contributed by atoms with Crippen molar-refractivity contribution in [1.29, 1.82) is 0 Å². The Balaban J connectivity index is 1.84. The SMILES string of the molecule is CCN(CC)C(=O)C1CCC[N+](CC(=O)Nc2c(C)cccc2C)(Cc2ccccc2)C1. The van der Waals surface area contributed by atoms with E-state index >= 15 is 0 Å². The highest BCUT2D eigenvalue weighted by Crippen LogP contribution is 2.29. The number of benzene rings is 2. The monoisotopic (exact) mass is 436 g/mol. The average Bonchev–Trinajstić information content (AvgIpc) is 2.78. The Morgan fingerprint density at radius 2 is 1.66 bits per heavy atom. The second-order valence-corrected chi connectivity index (χ2v) is 9.21. The molecule has 3 rings (SSSR count). The van der Waals surface area contributed by atoms with Crippen LogP contribution in [0.25, 0.3) is 0 Å². The summed E-state index contributed by atoms with van der Waals surface area (Å²) >= 11 is 0. The third kappa shape index (κ3) is 5.77. The molecule has 1 heterocycles. The van der Waals surface area contributed by atoms with Crippen LogP contribution in [0.3, 0.4) is 0 Å². The van der Waals surface area contributed by atoms with E-state index in [0.29, 0.717) is 17.6 Å². The van der Waals surface area contributed by atoms with Crippen molar-refractivity contribution in [2.24, 2.45) is 5.92 Å². The fraction of sp³-hybridized carbons (Fsp3) is 0.481. The number of anilines is 1. The zero-order valence-corrected chi connectivity index (χ0v) is 20.1. The Hall–Kier alpha value is -2.66. The van der Waals surface area contributed by atoms with Gasteiger partial charge >= 0.3 is 0 Å². The van der Waals surface area contributed by atoms with Gasteiger partial charge in [-0.25, -0.2) is 0 Å². The van der Waals surface area contributed by atoms with E-state index in [1.165, 1.54) is 5.56 Å². The lowest BCUT2D eigenvalue weighted by atomic mass is 9.93. The maximum Gasteiger partial charge on any atom is 0.279 e. The third-order valence-corrected chi connectivity index (χ3v) is 6.80. The molecule has 0 spiro atoms. The van der Waals surface area contributed by atoms with E-state index in [9.17, 15) is 9.59 Å². The summed E-state index contributed by atoms with van der Waals surface area (Å²) in [4.78, 5) is 28.4. The van der Waals surface area contributed by atoms with Crippen LogP contribution >= 0.6 is 0 Å². The lowest BCUT2D eigenvalue weighted by molar-refractivity contribution is -0.940. The second-order valence-electron chi connectivity index (χ2n) is 9.21. The van der Waals surface area contributed by atoms with Gasteiger partial charge in [-0.2, -0.15) is 0 Å². The normalized spacial score (nSPS) is 20.6. The maximum absolute atomic E-state index is 13.3. The molecule has 172 valence electrons. The van der Waals surface area contributed by atoms with Crippen LogP contribution in [0, 0.1) is 19.8 Å². The lowest BCUT2D eigenvalue weighted by Crippen LogP contribution is -2.59. The van der Waals surface area contributed by atoms with Crippen molar-refractivity contribution in [3.8, 4) is 0 Å². The predicted octanol–water partition coefficient (Wildman–Crippen LogP) is 4.54. The summed E-state index contributed by atoms with van der Waals surface area (Å²) in [5, 5.41) is 3.18. The summed E-state index contributed by atoms with van der Waals surface area (Å²) < 4.78 is 0.623. The topological polar surface area (TPSA) is 49.4 Å². The number of carbonyl (C=O) groups is 2. The Bertz CT molecular complexity index is 904. The average molecular weight is 437 g/mol. The number of nitrogens with one attached hydrogen (secondary N) is 1. The highest BCUT2D eigenvalue weighted by molar-refractivity contribution is 5.93. The van der Waals surface area contributed by atoms with Crippen molar-refractivity contribution >= 4 is 17.5 Å². The molecule has 0 radical (unpaired) electrons. The molecule has 1 aliphatic heterocycles. The zero-order valence-electron chi connectivity index (χ0n) is 20.1. The van der Waals surface area contributed by atoms with E-state index in [0.717, 1.165) is 55.8 Å². The molecule has 0 bridgehead atoms. The number of hydrogen-bond donors (Lipinski definition) is 1. The summed E-state index contributed by atoms with van der Waals surface area (Å²) in [7, 11) is 0. The molecule has 2 amide bonds. The summed E-state index contributed by atoms with van der Waals surface area (Å²) in [6.45, 7) is 12.4. The van der Waals surface area contributed by atoms with E-state index < -0.39 is 0 Å². The Labute approximate surface area is 193 Å².